The van der Waals surface area contributed by atoms with Crippen LogP contribution in [0.3, 0.4) is 0 Å². The van der Waals surface area contributed by atoms with Crippen LogP contribution in [0.5, 0.6) is 0 Å². The number of rotatable bonds is 3. The van der Waals surface area contributed by atoms with E-state index >= 15 is 0 Å². The van der Waals surface area contributed by atoms with Crippen molar-refractivity contribution in [1.29, 1.82) is 0 Å². The fraction of sp³-hybridized carbons (Fsp3) is 0.632. The van der Waals surface area contributed by atoms with Crippen molar-refractivity contribution in [3.63, 3.8) is 0 Å². The number of amides is 3. The minimum Gasteiger partial charge on any atom is -0.373 e. The molecule has 26 heavy (non-hydrogen) atoms. The third kappa shape index (κ3) is 1.93. The SMILES string of the molecule is O=C(NC1CC1)c1c(N2C(=O)[C@@H]3[C@H](C2=O)[C@H]2CC[C@@H]3O2)sc2c1CCC2. The summed E-state index contributed by atoms with van der Waals surface area (Å²) >= 11 is 1.47. The van der Waals surface area contributed by atoms with E-state index in [1.807, 2.05) is 0 Å². The van der Waals surface area contributed by atoms with E-state index in [9.17, 15) is 14.4 Å². The molecular weight excluding hydrogens is 352 g/mol. The zero-order chi connectivity index (χ0) is 17.6. The molecule has 1 saturated carbocycles. The molecule has 4 fully saturated rings. The van der Waals surface area contributed by atoms with Crippen molar-refractivity contribution in [3.8, 4) is 0 Å². The zero-order valence-electron chi connectivity index (χ0n) is 14.3. The first-order valence-electron chi connectivity index (χ1n) is 9.62. The Morgan fingerprint density at radius 3 is 2.38 bits per heavy atom. The van der Waals surface area contributed by atoms with Gasteiger partial charge in [-0.1, -0.05) is 0 Å². The first-order chi connectivity index (χ1) is 12.6. The van der Waals surface area contributed by atoms with Crippen LogP contribution in [0, 0.1) is 11.8 Å². The molecule has 2 aliphatic carbocycles. The molecule has 0 unspecified atom stereocenters. The van der Waals surface area contributed by atoms with Gasteiger partial charge in [0.15, 0.2) is 0 Å². The van der Waals surface area contributed by atoms with Gasteiger partial charge in [0.05, 0.1) is 29.6 Å². The quantitative estimate of drug-likeness (QED) is 0.821. The average Bonchev–Trinajstić information content (AvgIpc) is 3.04. The first-order valence-corrected chi connectivity index (χ1v) is 10.4. The summed E-state index contributed by atoms with van der Waals surface area (Å²) in [6.07, 6.45) is 6.32. The van der Waals surface area contributed by atoms with E-state index in [-0.39, 0.29) is 47.8 Å². The van der Waals surface area contributed by atoms with Crippen LogP contribution in [-0.2, 0) is 27.2 Å². The second-order valence-electron chi connectivity index (χ2n) is 8.14. The average molecular weight is 372 g/mol. The van der Waals surface area contributed by atoms with E-state index in [1.54, 1.807) is 0 Å². The molecule has 6 rings (SSSR count). The highest BCUT2D eigenvalue weighted by Crippen LogP contribution is 2.52. The van der Waals surface area contributed by atoms with Crippen LogP contribution in [0.1, 0.15) is 52.9 Å². The lowest BCUT2D eigenvalue weighted by Crippen LogP contribution is -2.36. The van der Waals surface area contributed by atoms with Gasteiger partial charge in [-0.05, 0) is 50.5 Å². The van der Waals surface area contributed by atoms with Crippen molar-refractivity contribution < 1.29 is 19.1 Å². The molecule has 2 bridgehead atoms. The summed E-state index contributed by atoms with van der Waals surface area (Å²) in [5.74, 6) is -1.13. The Kier molecular flexibility index (Phi) is 3.05. The molecule has 1 aromatic heterocycles. The Morgan fingerprint density at radius 1 is 1.04 bits per heavy atom. The van der Waals surface area contributed by atoms with Crippen LogP contribution >= 0.6 is 11.3 Å². The summed E-state index contributed by atoms with van der Waals surface area (Å²) in [6, 6.07) is 0.251. The molecule has 5 aliphatic rings. The normalized spacial score (nSPS) is 34.5. The molecule has 0 radical (unpaired) electrons. The van der Waals surface area contributed by atoms with Crippen molar-refractivity contribution in [2.45, 2.75) is 63.2 Å². The van der Waals surface area contributed by atoms with E-state index in [0.29, 0.717) is 10.6 Å². The predicted octanol–water partition coefficient (Wildman–Crippen LogP) is 1.80. The van der Waals surface area contributed by atoms with Crippen LogP contribution in [0.4, 0.5) is 5.00 Å². The van der Waals surface area contributed by atoms with E-state index < -0.39 is 0 Å². The summed E-state index contributed by atoms with van der Waals surface area (Å²) in [4.78, 5) is 41.7. The fourth-order valence-corrected chi connectivity index (χ4v) is 6.58. The number of nitrogens with zero attached hydrogens (tertiary/aromatic N) is 1. The molecule has 4 heterocycles. The standard InChI is InChI=1S/C19H20N2O4S/c22-16(20-8-4-5-8)13-9-2-1-3-12(9)26-19(13)21-17(23)14-10-6-7-11(25-10)15(14)18(21)24/h8,10-11,14-15H,1-7H2,(H,20,22)/t10-,11+,14-,15+. The van der Waals surface area contributed by atoms with E-state index in [0.717, 1.165) is 55.4 Å². The molecule has 1 N–H and O–H groups in total. The maximum absolute atomic E-state index is 13.1. The summed E-state index contributed by atoms with van der Waals surface area (Å²) < 4.78 is 5.82. The van der Waals surface area contributed by atoms with Crippen molar-refractivity contribution in [2.75, 3.05) is 4.90 Å². The Bertz CT molecular complexity index is 830. The molecular formula is C19H20N2O4S. The lowest BCUT2D eigenvalue weighted by Gasteiger charge is -2.18. The van der Waals surface area contributed by atoms with Gasteiger partial charge in [0.2, 0.25) is 11.8 Å². The molecule has 136 valence electrons. The second kappa shape index (κ2) is 5.16. The number of nitrogens with one attached hydrogen (secondary N) is 1. The number of hydrogen-bond acceptors (Lipinski definition) is 5. The van der Waals surface area contributed by atoms with Gasteiger partial charge in [-0.3, -0.25) is 14.4 Å². The number of ether oxygens (including phenoxy) is 1. The maximum atomic E-state index is 13.1. The van der Waals surface area contributed by atoms with Gasteiger partial charge < -0.3 is 10.1 Å². The third-order valence-corrected chi connectivity index (χ3v) is 7.81. The molecule has 1 aromatic rings. The van der Waals surface area contributed by atoms with Gasteiger partial charge in [0, 0.05) is 10.9 Å². The molecule has 3 saturated heterocycles. The van der Waals surface area contributed by atoms with Gasteiger partial charge in [0.1, 0.15) is 5.00 Å². The van der Waals surface area contributed by atoms with Crippen LogP contribution < -0.4 is 10.2 Å². The molecule has 3 aliphatic heterocycles. The molecule has 0 aromatic carbocycles. The Hall–Kier alpha value is -1.73. The van der Waals surface area contributed by atoms with Crippen molar-refractivity contribution in [1.82, 2.24) is 5.32 Å². The highest BCUT2D eigenvalue weighted by atomic mass is 32.1. The number of thiophene rings is 1. The monoisotopic (exact) mass is 372 g/mol. The van der Waals surface area contributed by atoms with Crippen LogP contribution in [0.15, 0.2) is 0 Å². The highest BCUT2D eigenvalue weighted by Gasteiger charge is 2.63. The van der Waals surface area contributed by atoms with Gasteiger partial charge >= 0.3 is 0 Å². The van der Waals surface area contributed by atoms with E-state index in [4.69, 9.17) is 4.74 Å². The Labute approximate surface area is 154 Å². The van der Waals surface area contributed by atoms with Crippen molar-refractivity contribution in [2.24, 2.45) is 11.8 Å². The van der Waals surface area contributed by atoms with Gasteiger partial charge in [-0.2, -0.15) is 0 Å². The summed E-state index contributed by atoms with van der Waals surface area (Å²) in [5, 5.41) is 3.62. The first kappa shape index (κ1) is 15.3. The van der Waals surface area contributed by atoms with Gasteiger partial charge in [-0.25, -0.2) is 4.90 Å². The maximum Gasteiger partial charge on any atom is 0.254 e. The molecule has 6 nitrogen and oxygen atoms in total. The highest BCUT2D eigenvalue weighted by molar-refractivity contribution is 7.17. The summed E-state index contributed by atoms with van der Waals surface area (Å²) in [5.41, 5.74) is 1.64. The smallest absolute Gasteiger partial charge is 0.254 e. The lowest BCUT2D eigenvalue weighted by molar-refractivity contribution is -0.124. The second-order valence-corrected chi connectivity index (χ2v) is 9.22. The number of imide groups is 1. The minimum atomic E-state index is -0.350. The molecule has 3 amide bonds. The number of anilines is 1. The lowest BCUT2D eigenvalue weighted by atomic mass is 9.81. The molecule has 4 atom stereocenters. The Balaban J connectivity index is 1.43. The van der Waals surface area contributed by atoms with Gasteiger partial charge in [0.25, 0.3) is 5.91 Å². The topological polar surface area (TPSA) is 75.7 Å². The van der Waals surface area contributed by atoms with Crippen LogP contribution in [-0.4, -0.2) is 36.0 Å². The molecule has 0 spiro atoms. The molecule has 7 heteroatoms. The predicted molar refractivity (Wildman–Crippen MR) is 94.2 cm³/mol. The number of hydrogen-bond donors (Lipinski definition) is 1. The third-order valence-electron chi connectivity index (χ3n) is 6.53. The van der Waals surface area contributed by atoms with Crippen LogP contribution in [0.2, 0.25) is 0 Å². The minimum absolute atomic E-state index is 0.112. The zero-order valence-corrected chi connectivity index (χ0v) is 15.1. The van der Waals surface area contributed by atoms with Crippen molar-refractivity contribution in [3.05, 3.63) is 16.0 Å². The number of aryl methyl sites for hydroxylation is 1. The number of fused-ring (bicyclic) bond motifs is 6. The van der Waals surface area contributed by atoms with E-state index in [1.165, 1.54) is 16.2 Å². The fourth-order valence-electron chi connectivity index (χ4n) is 5.18. The Morgan fingerprint density at radius 2 is 1.73 bits per heavy atom. The summed E-state index contributed by atoms with van der Waals surface area (Å²) in [7, 11) is 0. The summed E-state index contributed by atoms with van der Waals surface area (Å²) in [6.45, 7) is 0. The largest absolute Gasteiger partial charge is 0.373 e. The van der Waals surface area contributed by atoms with Crippen LogP contribution in [0.25, 0.3) is 0 Å². The van der Waals surface area contributed by atoms with E-state index in [2.05, 4.69) is 5.32 Å². The van der Waals surface area contributed by atoms with Gasteiger partial charge in [-0.15, -0.1) is 11.3 Å². The number of carbonyl (C=O) groups excluding carboxylic acids is 3. The van der Waals surface area contributed by atoms with Crippen molar-refractivity contribution >= 4 is 34.1 Å². The number of carbonyl (C=O) groups is 3.